The van der Waals surface area contributed by atoms with Gasteiger partial charge in [-0.05, 0) is 24.1 Å². The summed E-state index contributed by atoms with van der Waals surface area (Å²) in [6, 6.07) is 13.7. The molecule has 0 saturated carbocycles. The Morgan fingerprint density at radius 2 is 1.87 bits per heavy atom. The topological polar surface area (TPSA) is 82.3 Å². The van der Waals surface area contributed by atoms with E-state index in [1.165, 1.54) is 0 Å². The summed E-state index contributed by atoms with van der Waals surface area (Å²) < 4.78 is 7.80. The molecule has 7 heteroatoms. The quantitative estimate of drug-likeness (QED) is 0.515. The minimum atomic E-state index is -0.275. The minimum absolute atomic E-state index is 0.131. The molecule has 1 atom stereocenters. The number of aromatic nitrogens is 5. The predicted octanol–water partition coefficient (Wildman–Crippen LogP) is 3.72. The number of carbonyl (C=O) groups is 1. The lowest BCUT2D eigenvalue weighted by atomic mass is 9.78. The molecule has 1 aliphatic heterocycles. The highest BCUT2D eigenvalue weighted by Crippen LogP contribution is 2.47. The molecular weight excluding hydrogens is 378 g/mol. The molecule has 3 aromatic heterocycles. The Kier molecular flexibility index (Phi) is 3.74. The van der Waals surface area contributed by atoms with E-state index in [1.807, 2.05) is 42.5 Å². The third-order valence-corrected chi connectivity index (χ3v) is 5.66. The average molecular weight is 395 g/mol. The first-order valence-electron chi connectivity index (χ1n) is 9.94. The van der Waals surface area contributed by atoms with Gasteiger partial charge in [-0.1, -0.05) is 30.3 Å². The standard InChI is InChI=1S/C23H17N5O2/c29-16-7-4-8-17-19(16)18(14-5-2-1-3-6-14)20-22-26-21(15-9-11-24-12-10-15)27-28(22)13-25-23(20)30-17/h1-3,5-6,9-13,18H,4,7-8H2. The molecule has 0 N–H and O–H groups in total. The number of ketones is 1. The van der Waals surface area contributed by atoms with Crippen LogP contribution in [-0.4, -0.2) is 30.3 Å². The van der Waals surface area contributed by atoms with Gasteiger partial charge < -0.3 is 4.74 Å². The van der Waals surface area contributed by atoms with E-state index in [-0.39, 0.29) is 11.7 Å². The number of fused-ring (bicyclic) bond motifs is 3. The fourth-order valence-corrected chi connectivity index (χ4v) is 4.32. The van der Waals surface area contributed by atoms with Crippen LogP contribution in [0.4, 0.5) is 0 Å². The van der Waals surface area contributed by atoms with Crippen molar-refractivity contribution in [3.05, 3.63) is 83.6 Å². The number of allylic oxidation sites excluding steroid dienone is 2. The zero-order chi connectivity index (χ0) is 20.1. The van der Waals surface area contributed by atoms with Gasteiger partial charge in [-0.3, -0.25) is 9.78 Å². The molecule has 0 fully saturated rings. The Labute approximate surface area is 172 Å². The van der Waals surface area contributed by atoms with E-state index in [0.29, 0.717) is 23.8 Å². The van der Waals surface area contributed by atoms with Gasteiger partial charge in [0.05, 0.1) is 5.56 Å². The van der Waals surface area contributed by atoms with E-state index in [9.17, 15) is 4.79 Å². The molecule has 7 nitrogen and oxygen atoms in total. The highest BCUT2D eigenvalue weighted by Gasteiger charge is 2.39. The van der Waals surface area contributed by atoms with Gasteiger partial charge in [-0.25, -0.2) is 14.5 Å². The fraction of sp³-hybridized carbons (Fsp3) is 0.174. The summed E-state index contributed by atoms with van der Waals surface area (Å²) in [6.45, 7) is 0. The van der Waals surface area contributed by atoms with Gasteiger partial charge in [0, 0.05) is 42.3 Å². The summed E-state index contributed by atoms with van der Waals surface area (Å²) >= 11 is 0. The maximum Gasteiger partial charge on any atom is 0.228 e. The van der Waals surface area contributed by atoms with Gasteiger partial charge in [-0.2, -0.15) is 0 Å². The van der Waals surface area contributed by atoms with Gasteiger partial charge >= 0.3 is 0 Å². The zero-order valence-corrected chi connectivity index (χ0v) is 16.0. The van der Waals surface area contributed by atoms with Crippen molar-refractivity contribution >= 4 is 11.4 Å². The van der Waals surface area contributed by atoms with E-state index in [1.54, 1.807) is 23.2 Å². The molecule has 0 radical (unpaired) electrons. The van der Waals surface area contributed by atoms with Gasteiger partial charge in [-0.15, -0.1) is 5.10 Å². The number of rotatable bonds is 2. The molecule has 6 rings (SSSR count). The number of benzene rings is 1. The van der Waals surface area contributed by atoms with Crippen molar-refractivity contribution in [3.63, 3.8) is 0 Å². The summed E-state index contributed by atoms with van der Waals surface area (Å²) in [5, 5.41) is 4.60. The second-order valence-corrected chi connectivity index (χ2v) is 7.46. The van der Waals surface area contributed by atoms with Crippen molar-refractivity contribution in [1.82, 2.24) is 24.6 Å². The smallest absolute Gasteiger partial charge is 0.228 e. The number of carbonyl (C=O) groups excluding carboxylic acids is 1. The molecule has 4 aromatic rings. The van der Waals surface area contributed by atoms with Gasteiger partial charge in [0.2, 0.25) is 5.88 Å². The van der Waals surface area contributed by atoms with Gasteiger partial charge in [0.1, 0.15) is 12.1 Å². The normalized spacial score (nSPS) is 18.1. The van der Waals surface area contributed by atoms with Crippen molar-refractivity contribution < 1.29 is 9.53 Å². The monoisotopic (exact) mass is 395 g/mol. The van der Waals surface area contributed by atoms with Crippen LogP contribution in [0.5, 0.6) is 5.88 Å². The molecule has 1 aromatic carbocycles. The number of nitrogens with zero attached hydrogens (tertiary/aromatic N) is 5. The first-order valence-corrected chi connectivity index (χ1v) is 9.94. The average Bonchev–Trinajstić information content (AvgIpc) is 3.24. The molecule has 2 aliphatic rings. The molecule has 1 unspecified atom stereocenters. The SMILES string of the molecule is O=C1CCCC2=C1C(c1ccccc1)c1c(ncn3nc(-c4ccncc4)nc13)O2. The summed E-state index contributed by atoms with van der Waals surface area (Å²) in [5.41, 5.74) is 4.04. The zero-order valence-electron chi connectivity index (χ0n) is 16.0. The van der Waals surface area contributed by atoms with Crippen LogP contribution in [0.2, 0.25) is 0 Å². The van der Waals surface area contributed by atoms with Crippen molar-refractivity contribution in [2.75, 3.05) is 0 Å². The van der Waals surface area contributed by atoms with Crippen LogP contribution in [0.15, 0.2) is 72.5 Å². The predicted molar refractivity (Wildman–Crippen MR) is 109 cm³/mol. The molecule has 146 valence electrons. The second kappa shape index (κ2) is 6.59. The summed E-state index contributed by atoms with van der Waals surface area (Å²) in [4.78, 5) is 26.4. The van der Waals surface area contributed by atoms with Crippen LogP contribution in [0.1, 0.15) is 36.3 Å². The van der Waals surface area contributed by atoms with Crippen LogP contribution in [0.3, 0.4) is 0 Å². The van der Waals surface area contributed by atoms with Crippen molar-refractivity contribution in [2.45, 2.75) is 25.2 Å². The van der Waals surface area contributed by atoms with Crippen LogP contribution < -0.4 is 4.74 Å². The van der Waals surface area contributed by atoms with Crippen molar-refractivity contribution in [2.24, 2.45) is 0 Å². The molecule has 1 aliphatic carbocycles. The molecule has 0 saturated heterocycles. The fourth-order valence-electron chi connectivity index (χ4n) is 4.32. The molecular formula is C23H17N5O2. The number of hydrogen-bond acceptors (Lipinski definition) is 6. The van der Waals surface area contributed by atoms with Crippen molar-refractivity contribution in [1.29, 1.82) is 0 Å². The van der Waals surface area contributed by atoms with Gasteiger partial charge in [0.25, 0.3) is 0 Å². The lowest BCUT2D eigenvalue weighted by Gasteiger charge is -2.31. The number of hydrogen-bond donors (Lipinski definition) is 0. The Hall–Kier alpha value is -3.87. The molecule has 0 spiro atoms. The summed E-state index contributed by atoms with van der Waals surface area (Å²) in [5.74, 6) is 1.67. The van der Waals surface area contributed by atoms with Crippen LogP contribution in [0.25, 0.3) is 17.0 Å². The molecule has 0 bridgehead atoms. The van der Waals surface area contributed by atoms with Crippen LogP contribution in [0, 0.1) is 0 Å². The largest absolute Gasteiger partial charge is 0.442 e. The van der Waals surface area contributed by atoms with E-state index in [2.05, 4.69) is 15.1 Å². The van der Waals surface area contributed by atoms with E-state index < -0.39 is 0 Å². The molecule has 4 heterocycles. The second-order valence-electron chi connectivity index (χ2n) is 7.46. The third-order valence-electron chi connectivity index (χ3n) is 5.66. The summed E-state index contributed by atoms with van der Waals surface area (Å²) in [7, 11) is 0. The Morgan fingerprint density at radius 1 is 1.03 bits per heavy atom. The number of Topliss-reactive ketones (excluding diaryl/α,β-unsaturated/α-hetero) is 1. The Balaban J connectivity index is 1.62. The first-order chi connectivity index (χ1) is 14.8. The van der Waals surface area contributed by atoms with Gasteiger partial charge in [0.15, 0.2) is 17.3 Å². The lowest BCUT2D eigenvalue weighted by molar-refractivity contribution is -0.116. The first kappa shape index (κ1) is 17.0. The highest BCUT2D eigenvalue weighted by atomic mass is 16.5. The highest BCUT2D eigenvalue weighted by molar-refractivity contribution is 6.00. The third kappa shape index (κ3) is 2.55. The van der Waals surface area contributed by atoms with Crippen LogP contribution >= 0.6 is 0 Å². The maximum atomic E-state index is 13.0. The van der Waals surface area contributed by atoms with Crippen LogP contribution in [-0.2, 0) is 4.79 Å². The maximum absolute atomic E-state index is 13.0. The summed E-state index contributed by atoms with van der Waals surface area (Å²) in [6.07, 6.45) is 7.11. The van der Waals surface area contributed by atoms with E-state index in [0.717, 1.165) is 40.9 Å². The molecule has 0 amide bonds. The van der Waals surface area contributed by atoms with E-state index in [4.69, 9.17) is 9.72 Å². The Morgan fingerprint density at radius 3 is 2.70 bits per heavy atom. The Bertz CT molecular complexity index is 1310. The number of pyridine rings is 1. The lowest BCUT2D eigenvalue weighted by Crippen LogP contribution is -2.26. The number of ether oxygens (including phenoxy) is 1. The minimum Gasteiger partial charge on any atom is -0.442 e. The van der Waals surface area contributed by atoms with Crippen molar-refractivity contribution in [3.8, 4) is 17.3 Å². The van der Waals surface area contributed by atoms with E-state index >= 15 is 0 Å². The molecule has 30 heavy (non-hydrogen) atoms.